The van der Waals surface area contributed by atoms with Crippen molar-refractivity contribution in [2.45, 2.75) is 25.8 Å². The molecule has 8 nitrogen and oxygen atoms in total. The second-order valence-electron chi connectivity index (χ2n) is 6.52. The summed E-state index contributed by atoms with van der Waals surface area (Å²) in [5, 5.41) is 10.1. The van der Waals surface area contributed by atoms with Crippen molar-refractivity contribution < 1.29 is 32.3 Å². The maximum Gasteiger partial charge on any atom is 0.310 e. The molecule has 0 saturated carbocycles. The summed E-state index contributed by atoms with van der Waals surface area (Å²) in [4.78, 5) is 25.9. The number of sulfone groups is 1. The normalized spacial score (nSPS) is 18.5. The number of phenols is 1. The van der Waals surface area contributed by atoms with Crippen LogP contribution in [0.2, 0.25) is 0 Å². The van der Waals surface area contributed by atoms with Gasteiger partial charge in [0.05, 0.1) is 24.2 Å². The second kappa shape index (κ2) is 7.59. The molecule has 146 valence electrons. The first kappa shape index (κ1) is 19.2. The van der Waals surface area contributed by atoms with Crippen LogP contribution in [0.25, 0.3) is 11.0 Å². The molecule has 1 fully saturated rings. The maximum absolute atomic E-state index is 12.3. The van der Waals surface area contributed by atoms with Crippen LogP contribution in [0.15, 0.2) is 28.9 Å². The van der Waals surface area contributed by atoms with Gasteiger partial charge < -0.3 is 19.2 Å². The van der Waals surface area contributed by atoms with Crippen molar-refractivity contribution in [2.24, 2.45) is 0 Å². The smallest absolute Gasteiger partial charge is 0.310 e. The van der Waals surface area contributed by atoms with Gasteiger partial charge in [-0.1, -0.05) is 0 Å². The molecule has 0 spiro atoms. The Morgan fingerprint density at radius 3 is 2.81 bits per heavy atom. The molecule has 0 aliphatic carbocycles. The number of aromatic hydroxyl groups is 1. The van der Waals surface area contributed by atoms with Gasteiger partial charge in [0.25, 0.3) is 5.91 Å². The standard InChI is InChI=1S/C18H21NO7S/c1-2-19(13-5-6-27(23,24)11-13)17(21)10-26-18(22)7-12-9-25-16-8-14(20)3-4-15(12)16/h3-4,8-9,13,20H,2,5-7,10-11H2,1H3/t13-/m1/s1. The molecule has 9 heteroatoms. The minimum atomic E-state index is -3.10. The molecule has 0 unspecified atom stereocenters. The summed E-state index contributed by atoms with van der Waals surface area (Å²) in [7, 11) is -3.10. The molecule has 2 aromatic rings. The highest BCUT2D eigenvalue weighted by Gasteiger charge is 2.34. The van der Waals surface area contributed by atoms with Gasteiger partial charge in [0.2, 0.25) is 0 Å². The highest BCUT2D eigenvalue weighted by Crippen LogP contribution is 2.25. The van der Waals surface area contributed by atoms with E-state index >= 15 is 0 Å². The fourth-order valence-corrected chi connectivity index (χ4v) is 5.03. The number of ether oxygens (including phenoxy) is 1. The molecular formula is C18H21NO7S. The number of rotatable bonds is 6. The molecule has 1 aromatic heterocycles. The number of carbonyl (C=O) groups is 2. The molecule has 1 atom stereocenters. The quantitative estimate of drug-likeness (QED) is 0.732. The largest absolute Gasteiger partial charge is 0.508 e. The van der Waals surface area contributed by atoms with E-state index in [1.807, 2.05) is 0 Å². The molecule has 1 N–H and O–H groups in total. The average Bonchev–Trinajstić information content (AvgIpc) is 3.16. The summed E-state index contributed by atoms with van der Waals surface area (Å²) in [6.45, 7) is 1.68. The summed E-state index contributed by atoms with van der Waals surface area (Å²) in [6, 6.07) is 4.21. The molecule has 1 aliphatic heterocycles. The number of fused-ring (bicyclic) bond motifs is 1. The number of hydrogen-bond donors (Lipinski definition) is 1. The lowest BCUT2D eigenvalue weighted by Gasteiger charge is -2.26. The van der Waals surface area contributed by atoms with Crippen LogP contribution in [-0.2, 0) is 30.6 Å². The number of amides is 1. The van der Waals surface area contributed by atoms with E-state index in [-0.39, 0.29) is 29.7 Å². The molecule has 3 rings (SSSR count). The Bertz CT molecular complexity index is 963. The van der Waals surface area contributed by atoms with Gasteiger partial charge in [0.15, 0.2) is 16.4 Å². The number of carbonyl (C=O) groups excluding carboxylic acids is 2. The first-order chi connectivity index (χ1) is 12.8. The fourth-order valence-electron chi connectivity index (χ4n) is 3.30. The number of furan rings is 1. The number of likely N-dealkylation sites (N-methyl/N-ethyl adjacent to an activating group) is 1. The molecule has 27 heavy (non-hydrogen) atoms. The minimum Gasteiger partial charge on any atom is -0.508 e. The van der Waals surface area contributed by atoms with Crippen molar-refractivity contribution in [3.63, 3.8) is 0 Å². The van der Waals surface area contributed by atoms with E-state index in [1.54, 1.807) is 13.0 Å². The van der Waals surface area contributed by atoms with E-state index in [4.69, 9.17) is 9.15 Å². The zero-order chi connectivity index (χ0) is 19.6. The zero-order valence-corrected chi connectivity index (χ0v) is 15.7. The molecule has 1 saturated heterocycles. The number of phenolic OH excluding ortho intramolecular Hbond substituents is 1. The average molecular weight is 395 g/mol. The van der Waals surface area contributed by atoms with Gasteiger partial charge >= 0.3 is 5.97 Å². The highest BCUT2D eigenvalue weighted by atomic mass is 32.2. The third kappa shape index (κ3) is 4.41. The van der Waals surface area contributed by atoms with Crippen molar-refractivity contribution >= 4 is 32.7 Å². The Morgan fingerprint density at radius 1 is 1.37 bits per heavy atom. The predicted molar refractivity (Wildman–Crippen MR) is 97.0 cm³/mol. The van der Waals surface area contributed by atoms with Crippen LogP contribution in [0.5, 0.6) is 5.75 Å². The topological polar surface area (TPSA) is 114 Å². The molecule has 1 amide bonds. The Morgan fingerprint density at radius 2 is 2.15 bits per heavy atom. The number of nitrogens with zero attached hydrogens (tertiary/aromatic N) is 1. The Hall–Kier alpha value is -2.55. The van der Waals surface area contributed by atoms with Gasteiger partial charge in [-0.15, -0.1) is 0 Å². The van der Waals surface area contributed by atoms with Crippen LogP contribution >= 0.6 is 0 Å². The lowest BCUT2D eigenvalue weighted by atomic mass is 10.1. The summed E-state index contributed by atoms with van der Waals surface area (Å²) < 4.78 is 33.6. The first-order valence-corrected chi connectivity index (χ1v) is 10.5. The molecular weight excluding hydrogens is 374 g/mol. The molecule has 1 aliphatic rings. The van der Waals surface area contributed by atoms with Crippen molar-refractivity contribution in [1.29, 1.82) is 0 Å². The monoisotopic (exact) mass is 395 g/mol. The van der Waals surface area contributed by atoms with E-state index < -0.39 is 28.3 Å². The number of esters is 1. The van der Waals surface area contributed by atoms with E-state index in [0.29, 0.717) is 29.5 Å². The Labute approximate surface area is 156 Å². The number of hydrogen-bond acceptors (Lipinski definition) is 7. The van der Waals surface area contributed by atoms with Crippen molar-refractivity contribution in [3.05, 3.63) is 30.0 Å². The summed E-state index contributed by atoms with van der Waals surface area (Å²) in [5.74, 6) is -0.909. The molecule has 1 aromatic carbocycles. The van der Waals surface area contributed by atoms with Crippen molar-refractivity contribution in [2.75, 3.05) is 24.7 Å². The van der Waals surface area contributed by atoms with Crippen LogP contribution in [0.3, 0.4) is 0 Å². The van der Waals surface area contributed by atoms with Gasteiger partial charge in [-0.05, 0) is 25.5 Å². The highest BCUT2D eigenvalue weighted by molar-refractivity contribution is 7.91. The Kier molecular flexibility index (Phi) is 5.41. The van der Waals surface area contributed by atoms with Gasteiger partial charge in [-0.3, -0.25) is 9.59 Å². The minimum absolute atomic E-state index is 0.0472. The van der Waals surface area contributed by atoms with Crippen LogP contribution in [-0.4, -0.2) is 61.0 Å². The molecule has 0 bridgehead atoms. The summed E-state index contributed by atoms with van der Waals surface area (Å²) in [5.41, 5.74) is 1.05. The Balaban J connectivity index is 1.57. The van der Waals surface area contributed by atoms with Crippen molar-refractivity contribution in [3.8, 4) is 5.75 Å². The van der Waals surface area contributed by atoms with E-state index in [0.717, 1.165) is 0 Å². The maximum atomic E-state index is 12.3. The number of benzene rings is 1. The van der Waals surface area contributed by atoms with Crippen LogP contribution in [0.1, 0.15) is 18.9 Å². The molecule has 2 heterocycles. The zero-order valence-electron chi connectivity index (χ0n) is 14.9. The van der Waals surface area contributed by atoms with E-state index in [1.165, 1.54) is 23.3 Å². The summed E-state index contributed by atoms with van der Waals surface area (Å²) in [6.07, 6.45) is 1.74. The van der Waals surface area contributed by atoms with Gasteiger partial charge in [0.1, 0.15) is 11.3 Å². The summed E-state index contributed by atoms with van der Waals surface area (Å²) >= 11 is 0. The van der Waals surface area contributed by atoms with Crippen LogP contribution in [0.4, 0.5) is 0 Å². The van der Waals surface area contributed by atoms with Crippen molar-refractivity contribution in [1.82, 2.24) is 4.90 Å². The van der Waals surface area contributed by atoms with Crippen LogP contribution < -0.4 is 0 Å². The van der Waals surface area contributed by atoms with Crippen LogP contribution in [0, 0.1) is 0 Å². The predicted octanol–water partition coefficient (Wildman–Crippen LogP) is 1.26. The molecule has 0 radical (unpaired) electrons. The van der Waals surface area contributed by atoms with Gasteiger partial charge in [-0.25, -0.2) is 8.42 Å². The lowest BCUT2D eigenvalue weighted by molar-refractivity contribution is -0.152. The van der Waals surface area contributed by atoms with E-state index in [9.17, 15) is 23.1 Å². The third-order valence-corrected chi connectivity index (χ3v) is 6.39. The fraction of sp³-hybridized carbons (Fsp3) is 0.444. The first-order valence-electron chi connectivity index (χ1n) is 8.63. The van der Waals surface area contributed by atoms with E-state index in [2.05, 4.69) is 0 Å². The second-order valence-corrected chi connectivity index (χ2v) is 8.74. The third-order valence-electron chi connectivity index (χ3n) is 4.64. The van der Waals surface area contributed by atoms with Gasteiger partial charge in [0, 0.05) is 29.6 Å². The SMILES string of the molecule is CCN(C(=O)COC(=O)Cc1coc2cc(O)ccc12)[C@@H]1CCS(=O)(=O)C1. The lowest BCUT2D eigenvalue weighted by Crippen LogP contribution is -2.43. The van der Waals surface area contributed by atoms with Gasteiger partial charge in [-0.2, -0.15) is 0 Å².